The van der Waals surface area contributed by atoms with Crippen molar-refractivity contribution in [3.63, 3.8) is 0 Å². The molecule has 1 aromatic rings. The normalized spacial score (nSPS) is 16.4. The van der Waals surface area contributed by atoms with E-state index in [2.05, 4.69) is 15.1 Å². The average molecular weight is 278 g/mol. The van der Waals surface area contributed by atoms with E-state index in [1.807, 2.05) is 0 Å². The fourth-order valence-electron chi connectivity index (χ4n) is 1.63. The van der Waals surface area contributed by atoms with Crippen LogP contribution in [-0.4, -0.2) is 45.8 Å². The van der Waals surface area contributed by atoms with Crippen molar-refractivity contribution in [3.05, 3.63) is 23.8 Å². The Morgan fingerprint density at radius 3 is 2.85 bits per heavy atom. The van der Waals surface area contributed by atoms with Crippen LogP contribution in [0.5, 0.6) is 0 Å². The van der Waals surface area contributed by atoms with Crippen molar-refractivity contribution in [1.82, 2.24) is 15.0 Å². The Morgan fingerprint density at radius 1 is 1.50 bits per heavy atom. The van der Waals surface area contributed by atoms with Gasteiger partial charge in [0.05, 0.1) is 5.69 Å². The molecule has 2 amide bonds. The highest BCUT2D eigenvalue weighted by Crippen LogP contribution is 2.14. The number of rotatable bonds is 4. The molecule has 2 heterocycles. The lowest BCUT2D eigenvalue weighted by atomic mass is 10.2. The minimum Gasteiger partial charge on any atom is -0.465 e. The van der Waals surface area contributed by atoms with Crippen LogP contribution in [0.1, 0.15) is 24.4 Å². The third-order valence-electron chi connectivity index (χ3n) is 2.50. The van der Waals surface area contributed by atoms with Gasteiger partial charge in [-0.25, -0.2) is 9.99 Å². The second-order valence-corrected chi connectivity index (χ2v) is 4.19. The molecular weight excluding hydrogens is 264 g/mol. The van der Waals surface area contributed by atoms with Crippen LogP contribution < -0.4 is 11.5 Å². The van der Waals surface area contributed by atoms with Gasteiger partial charge in [-0.1, -0.05) is 0 Å². The molecule has 0 saturated heterocycles. The van der Waals surface area contributed by atoms with Gasteiger partial charge in [0.1, 0.15) is 12.2 Å². The maximum absolute atomic E-state index is 11.6. The van der Waals surface area contributed by atoms with E-state index in [0.29, 0.717) is 11.4 Å². The molecule has 0 fully saturated rings. The van der Waals surface area contributed by atoms with E-state index in [1.54, 1.807) is 6.92 Å². The zero-order valence-electron chi connectivity index (χ0n) is 10.8. The molecule has 1 aliphatic heterocycles. The molecule has 2 rings (SSSR count). The molecule has 0 spiro atoms. The van der Waals surface area contributed by atoms with E-state index in [1.165, 1.54) is 12.4 Å². The Bertz CT molecular complexity index is 571. The second kappa shape index (κ2) is 5.61. The lowest BCUT2D eigenvalue weighted by Crippen LogP contribution is -2.42. The lowest BCUT2D eigenvalue weighted by Gasteiger charge is -2.23. The second-order valence-electron chi connectivity index (χ2n) is 4.19. The number of hydrazone groups is 1. The van der Waals surface area contributed by atoms with Crippen molar-refractivity contribution in [1.29, 1.82) is 0 Å². The number of carbonyl (C=O) groups excluding carboxylic acids is 2. The minimum absolute atomic E-state index is 0.0891. The molecule has 0 bridgehead atoms. The van der Waals surface area contributed by atoms with Gasteiger partial charge in [0.15, 0.2) is 6.61 Å². The number of nitrogens with zero attached hydrogens (tertiary/aromatic N) is 4. The number of ether oxygens (including phenoxy) is 1. The minimum atomic E-state index is -0.671. The predicted octanol–water partition coefficient (Wildman–Crippen LogP) is -1.50. The maximum Gasteiger partial charge on any atom is 0.281 e. The molecule has 4 N–H and O–H groups in total. The van der Waals surface area contributed by atoms with Crippen LogP contribution in [0.4, 0.5) is 0 Å². The zero-order valence-corrected chi connectivity index (χ0v) is 10.8. The Labute approximate surface area is 114 Å². The SMILES string of the molecule is CC(N)c1nccnc1C1=NN(CC(N)=O)C(=O)CO1. The van der Waals surface area contributed by atoms with Crippen LogP contribution in [0.25, 0.3) is 0 Å². The molecule has 106 valence electrons. The number of hydrogen-bond donors (Lipinski definition) is 2. The number of amides is 2. The highest BCUT2D eigenvalue weighted by Gasteiger charge is 2.26. The Balaban J connectivity index is 2.37. The lowest BCUT2D eigenvalue weighted by molar-refractivity contribution is -0.138. The summed E-state index contributed by atoms with van der Waals surface area (Å²) >= 11 is 0. The Morgan fingerprint density at radius 2 is 2.20 bits per heavy atom. The number of primary amides is 1. The average Bonchev–Trinajstić information content (AvgIpc) is 2.40. The van der Waals surface area contributed by atoms with Crippen molar-refractivity contribution in [2.24, 2.45) is 16.6 Å². The number of nitrogens with two attached hydrogens (primary N) is 2. The van der Waals surface area contributed by atoms with E-state index in [4.69, 9.17) is 16.2 Å². The van der Waals surface area contributed by atoms with Crippen LogP contribution in [0.2, 0.25) is 0 Å². The molecule has 1 aliphatic rings. The standard InChI is InChI=1S/C11H14N6O3/c1-6(12)9-10(15-3-2-14-9)11-16-17(4-7(13)18)8(19)5-20-11/h2-3,6H,4-5,12H2,1H3,(H2,13,18). The first-order valence-electron chi connectivity index (χ1n) is 5.86. The van der Waals surface area contributed by atoms with Gasteiger partial charge >= 0.3 is 0 Å². The zero-order chi connectivity index (χ0) is 14.7. The van der Waals surface area contributed by atoms with Crippen LogP contribution in [-0.2, 0) is 14.3 Å². The quantitative estimate of drug-likeness (QED) is 0.687. The summed E-state index contributed by atoms with van der Waals surface area (Å²) in [5, 5.41) is 4.88. The van der Waals surface area contributed by atoms with Crippen molar-refractivity contribution in [2.45, 2.75) is 13.0 Å². The summed E-state index contributed by atoms with van der Waals surface area (Å²) in [6.07, 6.45) is 2.96. The Hall–Kier alpha value is -2.55. The molecule has 0 radical (unpaired) electrons. The van der Waals surface area contributed by atoms with Gasteiger partial charge in [-0.2, -0.15) is 0 Å². The first kappa shape index (κ1) is 13.9. The maximum atomic E-state index is 11.6. The fraction of sp³-hybridized carbons (Fsp3) is 0.364. The van der Waals surface area contributed by atoms with Gasteiger partial charge in [0.2, 0.25) is 5.91 Å². The summed E-state index contributed by atoms with van der Waals surface area (Å²) < 4.78 is 5.23. The third-order valence-corrected chi connectivity index (χ3v) is 2.50. The summed E-state index contributed by atoms with van der Waals surface area (Å²) in [6.45, 7) is 1.17. The van der Waals surface area contributed by atoms with Crippen LogP contribution in [0, 0.1) is 0 Å². The highest BCUT2D eigenvalue weighted by atomic mass is 16.5. The number of hydrogen-bond acceptors (Lipinski definition) is 7. The summed E-state index contributed by atoms with van der Waals surface area (Å²) in [5.74, 6) is -1.04. The summed E-state index contributed by atoms with van der Waals surface area (Å²) in [6, 6.07) is -0.382. The van der Waals surface area contributed by atoms with Crippen molar-refractivity contribution in [2.75, 3.05) is 13.2 Å². The molecule has 0 aliphatic carbocycles. The Kier molecular flexibility index (Phi) is 3.89. The molecule has 9 heteroatoms. The largest absolute Gasteiger partial charge is 0.465 e. The monoisotopic (exact) mass is 278 g/mol. The van der Waals surface area contributed by atoms with Gasteiger partial charge in [0.25, 0.3) is 11.8 Å². The van der Waals surface area contributed by atoms with Crippen molar-refractivity contribution >= 4 is 17.7 Å². The number of carbonyl (C=O) groups is 2. The molecule has 0 saturated carbocycles. The first-order valence-corrected chi connectivity index (χ1v) is 5.86. The molecule has 1 aromatic heterocycles. The molecular formula is C11H14N6O3. The summed E-state index contributed by atoms with van der Waals surface area (Å²) in [7, 11) is 0. The fourth-order valence-corrected chi connectivity index (χ4v) is 1.63. The van der Waals surface area contributed by atoms with Gasteiger partial charge in [-0.05, 0) is 6.92 Å². The van der Waals surface area contributed by atoms with Crippen LogP contribution in [0.15, 0.2) is 17.5 Å². The van der Waals surface area contributed by atoms with Gasteiger partial charge < -0.3 is 16.2 Å². The summed E-state index contributed by atoms with van der Waals surface area (Å²) in [5.41, 5.74) is 11.7. The van der Waals surface area contributed by atoms with Crippen molar-refractivity contribution < 1.29 is 14.3 Å². The molecule has 9 nitrogen and oxygen atoms in total. The molecule has 20 heavy (non-hydrogen) atoms. The van der Waals surface area contributed by atoms with Gasteiger partial charge in [0, 0.05) is 18.4 Å². The van der Waals surface area contributed by atoms with Gasteiger partial charge in [-0.15, -0.1) is 5.10 Å². The van der Waals surface area contributed by atoms with E-state index >= 15 is 0 Å². The molecule has 1 unspecified atom stereocenters. The van der Waals surface area contributed by atoms with E-state index < -0.39 is 11.8 Å². The topological polar surface area (TPSA) is 137 Å². The van der Waals surface area contributed by atoms with Crippen LogP contribution >= 0.6 is 0 Å². The molecule has 0 aromatic carbocycles. The number of aromatic nitrogens is 2. The van der Waals surface area contributed by atoms with E-state index in [0.717, 1.165) is 5.01 Å². The predicted molar refractivity (Wildman–Crippen MR) is 68.0 cm³/mol. The van der Waals surface area contributed by atoms with E-state index in [-0.39, 0.29) is 25.1 Å². The van der Waals surface area contributed by atoms with Crippen molar-refractivity contribution in [3.8, 4) is 0 Å². The third kappa shape index (κ3) is 2.88. The summed E-state index contributed by atoms with van der Waals surface area (Å²) in [4.78, 5) is 30.7. The smallest absolute Gasteiger partial charge is 0.281 e. The highest BCUT2D eigenvalue weighted by molar-refractivity contribution is 5.98. The molecule has 1 atom stereocenters. The van der Waals surface area contributed by atoms with Gasteiger partial charge in [-0.3, -0.25) is 14.6 Å². The van der Waals surface area contributed by atoms with Crippen LogP contribution in [0.3, 0.4) is 0 Å². The van der Waals surface area contributed by atoms with E-state index in [9.17, 15) is 9.59 Å². The first-order chi connectivity index (χ1) is 9.49.